The molecule has 0 fully saturated rings. The van der Waals surface area contributed by atoms with Crippen molar-refractivity contribution in [3.8, 4) is 11.4 Å². The van der Waals surface area contributed by atoms with Crippen LogP contribution in [0, 0.1) is 0 Å². The second-order valence-electron chi connectivity index (χ2n) is 6.90. The maximum absolute atomic E-state index is 6.08. The topological polar surface area (TPSA) is 44.4 Å². The second kappa shape index (κ2) is 9.45. The first-order valence-corrected chi connectivity index (χ1v) is 10.6. The van der Waals surface area contributed by atoms with Gasteiger partial charge in [0.15, 0.2) is 11.0 Å². The molecule has 1 atom stereocenters. The molecule has 0 bridgehead atoms. The number of aryl methyl sites for hydroxylation is 1. The molecule has 3 rings (SSSR count). The number of halogens is 1. The zero-order valence-electron chi connectivity index (χ0n) is 16.6. The lowest BCUT2D eigenvalue weighted by Gasteiger charge is -2.18. The third kappa shape index (κ3) is 4.87. The van der Waals surface area contributed by atoms with Crippen LogP contribution in [0.4, 0.5) is 0 Å². The Kier molecular flexibility index (Phi) is 6.99. The molecule has 3 aromatic rings. The van der Waals surface area contributed by atoms with E-state index in [0.717, 1.165) is 39.6 Å². The molecule has 1 N–H and O–H groups in total. The molecular weight excluding hydrogens is 392 g/mol. The van der Waals surface area contributed by atoms with Crippen molar-refractivity contribution in [3.05, 3.63) is 64.9 Å². The summed E-state index contributed by atoms with van der Waals surface area (Å²) < 4.78 is 7.37. The number of thioether (sulfide) groups is 1. The van der Waals surface area contributed by atoms with Crippen LogP contribution in [0.25, 0.3) is 5.69 Å². The molecule has 0 radical (unpaired) electrons. The lowest BCUT2D eigenvalue weighted by molar-refractivity contribution is -0.890. The number of ether oxygens (including phenoxy) is 1. The predicted octanol–water partition coefficient (Wildman–Crippen LogP) is 3.47. The summed E-state index contributed by atoms with van der Waals surface area (Å²) in [6.45, 7) is 2.16. The van der Waals surface area contributed by atoms with Gasteiger partial charge in [0.05, 0.1) is 21.2 Å². The molecule has 0 saturated carbocycles. The molecule has 0 spiro atoms. The number of rotatable bonds is 8. The van der Waals surface area contributed by atoms with E-state index in [2.05, 4.69) is 47.9 Å². The minimum atomic E-state index is 0.221. The summed E-state index contributed by atoms with van der Waals surface area (Å²) >= 11 is 7.80. The molecule has 5 nitrogen and oxygen atoms in total. The van der Waals surface area contributed by atoms with Crippen molar-refractivity contribution < 1.29 is 9.64 Å². The maximum Gasteiger partial charge on any atom is 0.196 e. The van der Waals surface area contributed by atoms with Crippen molar-refractivity contribution in [3.63, 3.8) is 0 Å². The minimum Gasteiger partial charge on any atom is -0.497 e. The Balaban J connectivity index is 1.80. The zero-order valence-corrected chi connectivity index (χ0v) is 18.2. The van der Waals surface area contributed by atoms with Gasteiger partial charge in [-0.1, -0.05) is 35.5 Å². The van der Waals surface area contributed by atoms with Crippen molar-refractivity contribution in [1.82, 2.24) is 14.8 Å². The van der Waals surface area contributed by atoms with Crippen molar-refractivity contribution in [2.45, 2.75) is 24.5 Å². The van der Waals surface area contributed by atoms with Crippen LogP contribution in [0.2, 0.25) is 5.02 Å². The lowest BCUT2D eigenvalue weighted by Crippen LogP contribution is -3.05. The van der Waals surface area contributed by atoms with Gasteiger partial charge < -0.3 is 9.64 Å². The summed E-state index contributed by atoms with van der Waals surface area (Å²) in [5.41, 5.74) is 2.31. The third-order valence-corrected chi connectivity index (χ3v) is 5.96. The molecule has 28 heavy (non-hydrogen) atoms. The van der Waals surface area contributed by atoms with E-state index < -0.39 is 0 Å². The zero-order chi connectivity index (χ0) is 20.1. The van der Waals surface area contributed by atoms with Crippen molar-refractivity contribution >= 4 is 23.4 Å². The van der Waals surface area contributed by atoms with E-state index in [1.165, 1.54) is 10.5 Å². The van der Waals surface area contributed by atoms with Gasteiger partial charge >= 0.3 is 0 Å². The summed E-state index contributed by atoms with van der Waals surface area (Å²) in [5, 5.41) is 10.6. The molecule has 148 valence electrons. The molecule has 0 saturated heterocycles. The number of methoxy groups -OCH3 is 1. The molecule has 0 aliphatic heterocycles. The predicted molar refractivity (Wildman–Crippen MR) is 115 cm³/mol. The Morgan fingerprint density at radius 3 is 2.36 bits per heavy atom. The summed E-state index contributed by atoms with van der Waals surface area (Å²) in [7, 11) is 5.94. The fourth-order valence-electron chi connectivity index (χ4n) is 2.80. The van der Waals surface area contributed by atoms with Gasteiger partial charge in [0.25, 0.3) is 0 Å². The highest BCUT2D eigenvalue weighted by Gasteiger charge is 2.23. The van der Waals surface area contributed by atoms with Crippen LogP contribution in [0.15, 0.2) is 53.7 Å². The van der Waals surface area contributed by atoms with Crippen LogP contribution < -0.4 is 9.64 Å². The van der Waals surface area contributed by atoms with Crippen LogP contribution in [0.5, 0.6) is 5.75 Å². The monoisotopic (exact) mass is 417 g/mol. The molecule has 2 aromatic carbocycles. The third-order valence-electron chi connectivity index (χ3n) is 4.78. The molecule has 7 heteroatoms. The Labute approximate surface area is 175 Å². The summed E-state index contributed by atoms with van der Waals surface area (Å²) in [4.78, 5) is 1.30. The standard InChI is InChI=1S/C21H25ClN4OS/c1-15(25(2)3)20-23-24-21(26(20)18-9-7-17(22)8-10-18)28-14-13-16-5-11-19(27-4)12-6-16/h5-12,15H,13-14H2,1-4H3/p+1/t15-/m0/s1. The Morgan fingerprint density at radius 2 is 1.75 bits per heavy atom. The van der Waals surface area contributed by atoms with Crippen LogP contribution >= 0.6 is 23.4 Å². The van der Waals surface area contributed by atoms with Gasteiger partial charge in [-0.3, -0.25) is 4.57 Å². The largest absolute Gasteiger partial charge is 0.497 e. The van der Waals surface area contributed by atoms with E-state index >= 15 is 0 Å². The lowest BCUT2D eigenvalue weighted by atomic mass is 10.2. The first kappa shape index (κ1) is 20.7. The Hall–Kier alpha value is -2.02. The van der Waals surface area contributed by atoms with Gasteiger partial charge in [-0.15, -0.1) is 10.2 Å². The first-order chi connectivity index (χ1) is 13.5. The fourth-order valence-corrected chi connectivity index (χ4v) is 3.87. The van der Waals surface area contributed by atoms with E-state index in [4.69, 9.17) is 16.3 Å². The highest BCUT2D eigenvalue weighted by Crippen LogP contribution is 2.26. The number of nitrogens with zero attached hydrogens (tertiary/aromatic N) is 3. The first-order valence-electron chi connectivity index (χ1n) is 9.26. The summed E-state index contributed by atoms with van der Waals surface area (Å²) in [6.07, 6.45) is 0.950. The van der Waals surface area contributed by atoms with E-state index in [-0.39, 0.29) is 6.04 Å². The summed E-state index contributed by atoms with van der Waals surface area (Å²) in [6, 6.07) is 16.3. The van der Waals surface area contributed by atoms with Gasteiger partial charge in [0.1, 0.15) is 11.8 Å². The van der Waals surface area contributed by atoms with Crippen LogP contribution in [0.1, 0.15) is 24.4 Å². The number of quaternary nitrogens is 1. The van der Waals surface area contributed by atoms with Crippen molar-refractivity contribution in [1.29, 1.82) is 0 Å². The molecule has 0 aliphatic carbocycles. The Morgan fingerprint density at radius 1 is 1.07 bits per heavy atom. The van der Waals surface area contributed by atoms with Gasteiger partial charge in [0.2, 0.25) is 0 Å². The smallest absolute Gasteiger partial charge is 0.196 e. The van der Waals surface area contributed by atoms with Gasteiger partial charge in [-0.05, 0) is 55.3 Å². The quantitative estimate of drug-likeness (QED) is 0.570. The van der Waals surface area contributed by atoms with Crippen LogP contribution in [-0.2, 0) is 6.42 Å². The Bertz CT molecular complexity index is 894. The number of benzene rings is 2. The van der Waals surface area contributed by atoms with Gasteiger partial charge in [0, 0.05) is 16.5 Å². The van der Waals surface area contributed by atoms with Crippen LogP contribution in [-0.4, -0.2) is 41.7 Å². The van der Waals surface area contributed by atoms with E-state index in [1.54, 1.807) is 18.9 Å². The number of aromatic nitrogens is 3. The van der Waals surface area contributed by atoms with E-state index in [0.29, 0.717) is 0 Å². The minimum absolute atomic E-state index is 0.221. The normalized spacial score (nSPS) is 12.4. The van der Waals surface area contributed by atoms with E-state index in [9.17, 15) is 0 Å². The van der Waals surface area contributed by atoms with E-state index in [1.807, 2.05) is 36.4 Å². The molecule has 0 amide bonds. The second-order valence-corrected chi connectivity index (χ2v) is 8.40. The highest BCUT2D eigenvalue weighted by molar-refractivity contribution is 7.99. The number of nitrogens with one attached hydrogen (secondary N) is 1. The molecule has 1 aromatic heterocycles. The summed E-state index contributed by atoms with van der Waals surface area (Å²) in [5.74, 6) is 2.75. The molecular formula is C21H26ClN4OS+. The SMILES string of the molecule is COc1ccc(CCSc2nnc([C@H](C)[NH+](C)C)n2-c2ccc(Cl)cc2)cc1. The van der Waals surface area contributed by atoms with Crippen LogP contribution in [0.3, 0.4) is 0 Å². The average molecular weight is 418 g/mol. The highest BCUT2D eigenvalue weighted by atomic mass is 35.5. The fraction of sp³-hybridized carbons (Fsp3) is 0.333. The molecule has 0 unspecified atom stereocenters. The van der Waals surface area contributed by atoms with Crippen molar-refractivity contribution in [2.75, 3.05) is 27.0 Å². The number of hydrogen-bond donors (Lipinski definition) is 1. The molecule has 0 aliphatic rings. The number of hydrogen-bond acceptors (Lipinski definition) is 4. The van der Waals surface area contributed by atoms with Gasteiger partial charge in [-0.25, -0.2) is 0 Å². The molecule has 1 heterocycles. The van der Waals surface area contributed by atoms with Gasteiger partial charge in [-0.2, -0.15) is 0 Å². The average Bonchev–Trinajstić information content (AvgIpc) is 3.12. The van der Waals surface area contributed by atoms with Crippen molar-refractivity contribution in [2.24, 2.45) is 0 Å². The maximum atomic E-state index is 6.08.